The van der Waals surface area contributed by atoms with Gasteiger partial charge in [0, 0.05) is 25.5 Å². The van der Waals surface area contributed by atoms with Gasteiger partial charge in [-0.25, -0.2) is 4.57 Å². The molecule has 19 heavy (non-hydrogen) atoms. The van der Waals surface area contributed by atoms with Crippen molar-refractivity contribution in [1.29, 1.82) is 0 Å². The number of phosphoric acid groups is 1. The molecule has 1 aromatic carbocycles. The molecule has 1 aromatic rings. The molecule has 0 spiro atoms. The summed E-state index contributed by atoms with van der Waals surface area (Å²) in [7, 11) is -1.02. The predicted molar refractivity (Wildman–Crippen MR) is 73.2 cm³/mol. The van der Waals surface area contributed by atoms with Gasteiger partial charge in [-0.05, 0) is 23.8 Å². The second-order valence-corrected chi connectivity index (χ2v) is 5.39. The van der Waals surface area contributed by atoms with Crippen LogP contribution in [0.3, 0.4) is 0 Å². The molecule has 0 amide bonds. The lowest BCUT2D eigenvalue weighted by atomic mass is 10.1. The predicted octanol–water partition coefficient (Wildman–Crippen LogP) is 1.50. The third-order valence-electron chi connectivity index (χ3n) is 2.28. The molecule has 0 bridgehead atoms. The zero-order valence-electron chi connectivity index (χ0n) is 10.9. The van der Waals surface area contributed by atoms with Crippen molar-refractivity contribution in [1.82, 2.24) is 0 Å². The van der Waals surface area contributed by atoms with Gasteiger partial charge >= 0.3 is 7.82 Å². The maximum Gasteiger partial charge on any atom is 0.474 e. The topological polar surface area (TPSA) is 96.8 Å². The maximum absolute atomic E-state index is 11.8. The summed E-state index contributed by atoms with van der Waals surface area (Å²) >= 11 is 0. The Morgan fingerprint density at radius 3 is 2.58 bits per heavy atom. The number of hydrogen-bond donors (Lipinski definition) is 2. The van der Waals surface area contributed by atoms with Crippen molar-refractivity contribution in [3.8, 4) is 11.8 Å². The van der Waals surface area contributed by atoms with E-state index in [2.05, 4.69) is 20.9 Å². The van der Waals surface area contributed by atoms with Gasteiger partial charge < -0.3 is 11.5 Å². The Kier molecular flexibility index (Phi) is 6.03. The van der Waals surface area contributed by atoms with Crippen LogP contribution in [0.15, 0.2) is 18.2 Å². The Labute approximate surface area is 112 Å². The third kappa shape index (κ3) is 4.67. The minimum atomic E-state index is -3.52. The van der Waals surface area contributed by atoms with E-state index in [1.165, 1.54) is 14.2 Å². The lowest BCUT2D eigenvalue weighted by Crippen LogP contribution is -2.00. The Balaban J connectivity index is 2.93. The molecular formula is C12H17N2O4P. The SMILES string of the molecule is COP(=O)(OC)OCc1cc(N)ccc1C#CCN. The molecule has 0 aliphatic carbocycles. The highest BCUT2D eigenvalue weighted by Crippen LogP contribution is 2.48. The summed E-state index contributed by atoms with van der Waals surface area (Å²) in [5.41, 5.74) is 13.0. The Morgan fingerprint density at radius 2 is 2.00 bits per heavy atom. The van der Waals surface area contributed by atoms with Crippen LogP contribution >= 0.6 is 7.82 Å². The number of phosphoric ester groups is 1. The number of rotatable bonds is 5. The summed E-state index contributed by atoms with van der Waals surface area (Å²) in [4.78, 5) is 0. The zero-order chi connectivity index (χ0) is 14.3. The van der Waals surface area contributed by atoms with Gasteiger partial charge in [-0.3, -0.25) is 13.6 Å². The molecule has 0 saturated carbocycles. The molecular weight excluding hydrogens is 267 g/mol. The van der Waals surface area contributed by atoms with E-state index in [-0.39, 0.29) is 13.2 Å². The number of benzene rings is 1. The van der Waals surface area contributed by atoms with Gasteiger partial charge in [0.2, 0.25) is 0 Å². The van der Waals surface area contributed by atoms with Crippen molar-refractivity contribution in [2.45, 2.75) is 6.61 Å². The summed E-state index contributed by atoms with van der Waals surface area (Å²) in [5, 5.41) is 0. The Bertz CT molecular complexity index is 528. The number of nitrogen functional groups attached to an aromatic ring is 1. The van der Waals surface area contributed by atoms with Crippen molar-refractivity contribution in [3.63, 3.8) is 0 Å². The third-order valence-corrected chi connectivity index (χ3v) is 3.62. The number of nitrogens with two attached hydrogens (primary N) is 2. The fraction of sp³-hybridized carbons (Fsp3) is 0.333. The summed E-state index contributed by atoms with van der Waals surface area (Å²) in [6.45, 7) is 0.262. The Morgan fingerprint density at radius 1 is 1.32 bits per heavy atom. The molecule has 104 valence electrons. The fourth-order valence-electron chi connectivity index (χ4n) is 1.33. The van der Waals surface area contributed by atoms with Gasteiger partial charge in [-0.2, -0.15) is 0 Å². The van der Waals surface area contributed by atoms with Gasteiger partial charge in [0.25, 0.3) is 0 Å². The second kappa shape index (κ2) is 7.29. The molecule has 0 aromatic heterocycles. The van der Waals surface area contributed by atoms with Crippen molar-refractivity contribution < 1.29 is 18.1 Å². The fourth-order valence-corrected chi connectivity index (χ4v) is 1.99. The van der Waals surface area contributed by atoms with E-state index in [1.807, 2.05) is 0 Å². The van der Waals surface area contributed by atoms with E-state index in [1.54, 1.807) is 18.2 Å². The summed E-state index contributed by atoms with van der Waals surface area (Å²) in [5.74, 6) is 5.63. The van der Waals surface area contributed by atoms with E-state index in [4.69, 9.17) is 16.0 Å². The molecule has 7 heteroatoms. The first-order chi connectivity index (χ1) is 9.04. The average Bonchev–Trinajstić information content (AvgIpc) is 2.43. The van der Waals surface area contributed by atoms with Crippen LogP contribution in [0.1, 0.15) is 11.1 Å². The molecule has 0 atom stereocenters. The molecule has 0 aliphatic rings. The van der Waals surface area contributed by atoms with Crippen molar-refractivity contribution >= 4 is 13.5 Å². The van der Waals surface area contributed by atoms with E-state index in [0.29, 0.717) is 16.8 Å². The number of hydrogen-bond acceptors (Lipinski definition) is 6. The van der Waals surface area contributed by atoms with Gasteiger partial charge in [0.05, 0.1) is 13.2 Å². The van der Waals surface area contributed by atoms with E-state index < -0.39 is 7.82 Å². The van der Waals surface area contributed by atoms with Gasteiger partial charge in [0.1, 0.15) is 0 Å². The first-order valence-electron chi connectivity index (χ1n) is 5.48. The van der Waals surface area contributed by atoms with Crippen molar-refractivity contribution in [2.24, 2.45) is 5.73 Å². The lowest BCUT2D eigenvalue weighted by Gasteiger charge is -2.14. The normalized spacial score (nSPS) is 10.9. The first kappa shape index (κ1) is 15.7. The summed E-state index contributed by atoms with van der Waals surface area (Å²) < 4.78 is 26.3. The second-order valence-electron chi connectivity index (χ2n) is 3.51. The van der Waals surface area contributed by atoms with Crippen molar-refractivity contribution in [3.05, 3.63) is 29.3 Å². The lowest BCUT2D eigenvalue weighted by molar-refractivity contribution is 0.145. The highest BCUT2D eigenvalue weighted by atomic mass is 31.2. The van der Waals surface area contributed by atoms with Crippen LogP contribution in [-0.2, 0) is 24.7 Å². The van der Waals surface area contributed by atoms with Crippen LogP contribution in [0, 0.1) is 11.8 Å². The molecule has 0 unspecified atom stereocenters. The van der Waals surface area contributed by atoms with Crippen LogP contribution in [0.25, 0.3) is 0 Å². The van der Waals surface area contributed by atoms with Crippen LogP contribution in [0.2, 0.25) is 0 Å². The molecule has 0 fully saturated rings. The minimum absolute atomic E-state index is 0.0125. The minimum Gasteiger partial charge on any atom is -0.399 e. The molecule has 0 radical (unpaired) electrons. The van der Waals surface area contributed by atoms with Crippen molar-refractivity contribution in [2.75, 3.05) is 26.5 Å². The van der Waals surface area contributed by atoms with E-state index >= 15 is 0 Å². The van der Waals surface area contributed by atoms with E-state index in [0.717, 1.165) is 0 Å². The van der Waals surface area contributed by atoms with Crippen LogP contribution in [0.5, 0.6) is 0 Å². The largest absolute Gasteiger partial charge is 0.474 e. The molecule has 0 heterocycles. The average molecular weight is 284 g/mol. The van der Waals surface area contributed by atoms with Crippen LogP contribution in [0.4, 0.5) is 5.69 Å². The maximum atomic E-state index is 11.8. The standard InChI is InChI=1S/C12H17N2O4P/c1-16-19(15,17-2)18-9-11-8-12(14)6-5-10(11)4-3-7-13/h5-6,8H,7,9,13-14H2,1-2H3. The van der Waals surface area contributed by atoms with Crippen LogP contribution < -0.4 is 11.5 Å². The molecule has 1 rings (SSSR count). The van der Waals surface area contributed by atoms with Gasteiger partial charge in [0.15, 0.2) is 0 Å². The first-order valence-corrected chi connectivity index (χ1v) is 6.94. The molecule has 6 nitrogen and oxygen atoms in total. The highest BCUT2D eigenvalue weighted by Gasteiger charge is 2.23. The number of anilines is 1. The van der Waals surface area contributed by atoms with E-state index in [9.17, 15) is 4.57 Å². The monoisotopic (exact) mass is 284 g/mol. The zero-order valence-corrected chi connectivity index (χ0v) is 11.8. The Hall–Kier alpha value is -1.35. The summed E-state index contributed by atoms with van der Waals surface area (Å²) in [6.07, 6.45) is 0. The molecule has 4 N–H and O–H groups in total. The van der Waals surface area contributed by atoms with Gasteiger partial charge in [-0.1, -0.05) is 11.8 Å². The quantitative estimate of drug-likeness (QED) is 0.483. The molecule has 0 aliphatic heterocycles. The summed E-state index contributed by atoms with van der Waals surface area (Å²) in [6, 6.07) is 5.16. The van der Waals surface area contributed by atoms with Gasteiger partial charge in [-0.15, -0.1) is 0 Å². The smallest absolute Gasteiger partial charge is 0.399 e. The van der Waals surface area contributed by atoms with Crippen LogP contribution in [-0.4, -0.2) is 20.8 Å². The highest BCUT2D eigenvalue weighted by molar-refractivity contribution is 7.48. The molecule has 0 saturated heterocycles.